The van der Waals surface area contributed by atoms with E-state index in [1.807, 2.05) is 0 Å². The Morgan fingerprint density at radius 1 is 1.58 bits per heavy atom. The Bertz CT molecular complexity index is 325. The van der Waals surface area contributed by atoms with Gasteiger partial charge in [-0.3, -0.25) is 4.68 Å². The first kappa shape index (κ1) is 6.70. The summed E-state index contributed by atoms with van der Waals surface area (Å²) < 4.78 is 2.20. The molecule has 64 valence electrons. The second kappa shape index (κ2) is 1.93. The Morgan fingerprint density at radius 3 is 3.17 bits per heavy atom. The molecule has 0 spiro atoms. The summed E-state index contributed by atoms with van der Waals surface area (Å²) in [7, 11) is 0. The summed E-state index contributed by atoms with van der Waals surface area (Å²) in [6.07, 6.45) is 4.81. The van der Waals surface area contributed by atoms with Crippen LogP contribution in [0.3, 0.4) is 0 Å². The summed E-state index contributed by atoms with van der Waals surface area (Å²) in [5.41, 5.74) is 3.07. The van der Waals surface area contributed by atoms with E-state index in [-0.39, 0.29) is 0 Å². The first-order valence-corrected chi connectivity index (χ1v) is 4.83. The van der Waals surface area contributed by atoms with Crippen molar-refractivity contribution >= 4 is 0 Å². The largest absolute Gasteiger partial charge is 0.267 e. The molecule has 0 saturated heterocycles. The van der Waals surface area contributed by atoms with Crippen molar-refractivity contribution in [3.8, 4) is 0 Å². The first-order chi connectivity index (χ1) is 5.77. The van der Waals surface area contributed by atoms with Gasteiger partial charge in [-0.15, -0.1) is 0 Å². The average molecular weight is 162 g/mol. The Kier molecular flexibility index (Phi) is 1.07. The molecular formula is C10H14N2. The highest BCUT2D eigenvalue weighted by atomic mass is 15.3. The van der Waals surface area contributed by atoms with Crippen molar-refractivity contribution in [2.45, 2.75) is 38.6 Å². The molecule has 1 aromatic heterocycles. The van der Waals surface area contributed by atoms with Gasteiger partial charge in [-0.05, 0) is 44.1 Å². The van der Waals surface area contributed by atoms with Gasteiger partial charge < -0.3 is 0 Å². The van der Waals surface area contributed by atoms with Gasteiger partial charge in [0.1, 0.15) is 0 Å². The van der Waals surface area contributed by atoms with Crippen molar-refractivity contribution in [3.05, 3.63) is 17.5 Å². The molecule has 12 heavy (non-hydrogen) atoms. The first-order valence-electron chi connectivity index (χ1n) is 4.83. The van der Waals surface area contributed by atoms with Crippen molar-refractivity contribution < 1.29 is 0 Å². The fourth-order valence-electron chi connectivity index (χ4n) is 2.47. The van der Waals surface area contributed by atoms with Crippen molar-refractivity contribution in [1.29, 1.82) is 0 Å². The number of aromatic nitrogens is 2. The molecule has 0 aliphatic heterocycles. The fraction of sp³-hybridized carbons (Fsp3) is 0.700. The summed E-state index contributed by atoms with van der Waals surface area (Å²) in [4.78, 5) is 0. The molecule has 2 aliphatic rings. The van der Waals surface area contributed by atoms with Crippen molar-refractivity contribution in [3.63, 3.8) is 0 Å². The van der Waals surface area contributed by atoms with E-state index in [4.69, 9.17) is 0 Å². The Hall–Kier alpha value is -0.790. The fourth-order valence-corrected chi connectivity index (χ4v) is 2.47. The number of nitrogens with zero attached hydrogens (tertiary/aromatic N) is 2. The predicted molar refractivity (Wildman–Crippen MR) is 47.2 cm³/mol. The molecule has 0 N–H and O–H groups in total. The molecule has 1 saturated carbocycles. The second-order valence-corrected chi connectivity index (χ2v) is 4.39. The van der Waals surface area contributed by atoms with Crippen molar-refractivity contribution in [1.82, 2.24) is 9.78 Å². The van der Waals surface area contributed by atoms with E-state index in [2.05, 4.69) is 29.8 Å². The van der Waals surface area contributed by atoms with Crippen LogP contribution < -0.4 is 0 Å². The van der Waals surface area contributed by atoms with E-state index >= 15 is 0 Å². The Morgan fingerprint density at radius 2 is 2.42 bits per heavy atom. The molecule has 0 bridgehead atoms. The molecule has 2 heteroatoms. The quantitative estimate of drug-likeness (QED) is 0.618. The zero-order valence-electron chi connectivity index (χ0n) is 7.62. The number of hydrogen-bond donors (Lipinski definition) is 0. The maximum absolute atomic E-state index is 4.43. The lowest BCUT2D eigenvalue weighted by atomic mass is 10.2. The third kappa shape index (κ3) is 0.680. The molecule has 1 aromatic rings. The van der Waals surface area contributed by atoms with Gasteiger partial charge >= 0.3 is 0 Å². The summed E-state index contributed by atoms with van der Waals surface area (Å²) in [6, 6.07) is 0.534. The standard InChI is InChI=1S/C10H14N2/c1-6(2)12-10-4-7-3-8(7)9(10)5-11-12/h5-8H,3-4H2,1-2H3. The second-order valence-electron chi connectivity index (χ2n) is 4.39. The molecule has 0 amide bonds. The van der Waals surface area contributed by atoms with Gasteiger partial charge in [-0.2, -0.15) is 5.10 Å². The lowest BCUT2D eigenvalue weighted by Gasteiger charge is -2.09. The third-order valence-corrected chi connectivity index (χ3v) is 3.20. The molecule has 0 aromatic carbocycles. The molecule has 1 heterocycles. The highest BCUT2D eigenvalue weighted by Crippen LogP contribution is 2.56. The highest BCUT2D eigenvalue weighted by molar-refractivity contribution is 5.36. The van der Waals surface area contributed by atoms with Gasteiger partial charge in [-0.1, -0.05) is 0 Å². The molecule has 2 nitrogen and oxygen atoms in total. The van der Waals surface area contributed by atoms with Crippen LogP contribution >= 0.6 is 0 Å². The number of fused-ring (bicyclic) bond motifs is 3. The van der Waals surface area contributed by atoms with Crippen molar-refractivity contribution in [2.24, 2.45) is 5.92 Å². The molecule has 2 atom stereocenters. The van der Waals surface area contributed by atoms with Gasteiger partial charge in [0.25, 0.3) is 0 Å². The van der Waals surface area contributed by atoms with E-state index < -0.39 is 0 Å². The van der Waals surface area contributed by atoms with Crippen LogP contribution in [0.2, 0.25) is 0 Å². The molecule has 2 aliphatic carbocycles. The van der Waals surface area contributed by atoms with Crippen LogP contribution in [0, 0.1) is 5.92 Å². The SMILES string of the molecule is CC(C)n1ncc2c1CC1CC21. The van der Waals surface area contributed by atoms with Gasteiger partial charge in [0.15, 0.2) is 0 Å². The molecule has 1 fully saturated rings. The lowest BCUT2D eigenvalue weighted by molar-refractivity contribution is 0.506. The van der Waals surface area contributed by atoms with E-state index in [0.29, 0.717) is 6.04 Å². The van der Waals surface area contributed by atoms with Gasteiger partial charge in [0.2, 0.25) is 0 Å². The normalized spacial score (nSPS) is 30.6. The Labute approximate surface area is 72.6 Å². The Balaban J connectivity index is 2.09. The summed E-state index contributed by atoms with van der Waals surface area (Å²) >= 11 is 0. The van der Waals surface area contributed by atoms with Gasteiger partial charge in [0, 0.05) is 11.7 Å². The van der Waals surface area contributed by atoms with Gasteiger partial charge in [0.05, 0.1) is 6.20 Å². The topological polar surface area (TPSA) is 17.8 Å². The van der Waals surface area contributed by atoms with Crippen LogP contribution in [0.25, 0.3) is 0 Å². The smallest absolute Gasteiger partial charge is 0.0527 e. The zero-order chi connectivity index (χ0) is 8.29. The van der Waals surface area contributed by atoms with Crippen LogP contribution in [-0.2, 0) is 6.42 Å². The minimum atomic E-state index is 0.534. The molecule has 0 radical (unpaired) electrons. The maximum Gasteiger partial charge on any atom is 0.0527 e. The van der Waals surface area contributed by atoms with Crippen LogP contribution in [0.1, 0.15) is 43.5 Å². The number of hydrogen-bond acceptors (Lipinski definition) is 1. The molecule has 3 rings (SSSR count). The summed E-state index contributed by atoms with van der Waals surface area (Å²) in [5.74, 6) is 1.88. The van der Waals surface area contributed by atoms with Crippen LogP contribution in [0.15, 0.2) is 6.20 Å². The highest BCUT2D eigenvalue weighted by Gasteiger charge is 2.47. The molecule has 2 unspecified atom stereocenters. The van der Waals surface area contributed by atoms with E-state index in [9.17, 15) is 0 Å². The molecular weight excluding hydrogens is 148 g/mol. The predicted octanol–water partition coefficient (Wildman–Crippen LogP) is 2.12. The van der Waals surface area contributed by atoms with Crippen molar-refractivity contribution in [2.75, 3.05) is 0 Å². The monoisotopic (exact) mass is 162 g/mol. The minimum absolute atomic E-state index is 0.534. The maximum atomic E-state index is 4.43. The summed E-state index contributed by atoms with van der Waals surface area (Å²) in [6.45, 7) is 4.41. The van der Waals surface area contributed by atoms with Gasteiger partial charge in [-0.25, -0.2) is 0 Å². The lowest BCUT2D eigenvalue weighted by Crippen LogP contribution is -2.07. The third-order valence-electron chi connectivity index (χ3n) is 3.20. The number of rotatable bonds is 1. The minimum Gasteiger partial charge on any atom is -0.267 e. The van der Waals surface area contributed by atoms with E-state index in [1.165, 1.54) is 18.5 Å². The zero-order valence-corrected chi connectivity index (χ0v) is 7.62. The van der Waals surface area contributed by atoms with E-state index in [1.54, 1.807) is 5.56 Å². The average Bonchev–Trinajstić information content (AvgIpc) is 2.54. The van der Waals surface area contributed by atoms with E-state index in [0.717, 1.165) is 11.8 Å². The summed E-state index contributed by atoms with van der Waals surface area (Å²) in [5, 5.41) is 4.43. The van der Waals surface area contributed by atoms with Crippen LogP contribution in [0.4, 0.5) is 0 Å². The van der Waals surface area contributed by atoms with Crippen LogP contribution in [-0.4, -0.2) is 9.78 Å². The van der Waals surface area contributed by atoms with Crippen LogP contribution in [0.5, 0.6) is 0 Å².